The Labute approximate surface area is 126 Å². The number of aryl methyl sites for hydroxylation is 1. The van der Waals surface area contributed by atoms with E-state index in [1.165, 1.54) is 16.7 Å². The molecule has 0 aliphatic rings. The van der Waals surface area contributed by atoms with Crippen LogP contribution in [0.3, 0.4) is 0 Å². The summed E-state index contributed by atoms with van der Waals surface area (Å²) in [6.45, 7) is 2.12. The average Bonchev–Trinajstić information content (AvgIpc) is 2.52. The first-order chi connectivity index (χ1) is 10.2. The van der Waals surface area contributed by atoms with Crippen LogP contribution in [0, 0.1) is 6.92 Å². The van der Waals surface area contributed by atoms with Crippen LogP contribution in [0.2, 0.25) is 0 Å². The summed E-state index contributed by atoms with van der Waals surface area (Å²) in [6, 6.07) is 14.9. The smallest absolute Gasteiger partial charge is 0.161 e. The van der Waals surface area contributed by atoms with Crippen LogP contribution >= 0.6 is 0 Å². The Morgan fingerprint density at radius 2 is 1.76 bits per heavy atom. The van der Waals surface area contributed by atoms with Crippen molar-refractivity contribution in [1.29, 1.82) is 0 Å². The maximum absolute atomic E-state index is 5.39. The Morgan fingerprint density at radius 3 is 2.38 bits per heavy atom. The summed E-state index contributed by atoms with van der Waals surface area (Å²) in [5.41, 5.74) is 3.80. The predicted octanol–water partition coefficient (Wildman–Crippen LogP) is 3.52. The molecular weight excluding hydrogens is 262 g/mol. The molecule has 21 heavy (non-hydrogen) atoms. The first kappa shape index (κ1) is 15.4. The Kier molecular flexibility index (Phi) is 5.23. The minimum Gasteiger partial charge on any atom is -0.493 e. The SMILES string of the molecule is CNC(Cc1cccc(C)c1)c1ccc(OC)c(OC)c1. The Morgan fingerprint density at radius 1 is 1.00 bits per heavy atom. The second-order valence-corrected chi connectivity index (χ2v) is 5.15. The summed E-state index contributed by atoms with van der Waals surface area (Å²) < 4.78 is 10.7. The fraction of sp³-hybridized carbons (Fsp3) is 0.333. The highest BCUT2D eigenvalue weighted by Crippen LogP contribution is 2.31. The molecular formula is C18H23NO2. The van der Waals surface area contributed by atoms with E-state index in [1.807, 2.05) is 19.2 Å². The molecule has 0 aromatic heterocycles. The lowest BCUT2D eigenvalue weighted by molar-refractivity contribution is 0.354. The molecule has 0 spiro atoms. The van der Waals surface area contributed by atoms with E-state index in [4.69, 9.17) is 9.47 Å². The van der Waals surface area contributed by atoms with Crippen LogP contribution in [-0.2, 0) is 6.42 Å². The van der Waals surface area contributed by atoms with Crippen molar-refractivity contribution in [3.8, 4) is 11.5 Å². The largest absolute Gasteiger partial charge is 0.493 e. The van der Waals surface area contributed by atoms with E-state index in [9.17, 15) is 0 Å². The monoisotopic (exact) mass is 285 g/mol. The molecule has 1 atom stereocenters. The number of hydrogen-bond acceptors (Lipinski definition) is 3. The van der Waals surface area contributed by atoms with E-state index in [2.05, 4.69) is 42.6 Å². The molecule has 0 aliphatic carbocycles. The van der Waals surface area contributed by atoms with Crippen molar-refractivity contribution in [2.45, 2.75) is 19.4 Å². The van der Waals surface area contributed by atoms with E-state index in [-0.39, 0.29) is 6.04 Å². The number of rotatable bonds is 6. The van der Waals surface area contributed by atoms with Crippen LogP contribution in [0.4, 0.5) is 0 Å². The van der Waals surface area contributed by atoms with Gasteiger partial charge in [0.2, 0.25) is 0 Å². The fourth-order valence-electron chi connectivity index (χ4n) is 2.53. The summed E-state index contributed by atoms with van der Waals surface area (Å²) in [7, 11) is 5.30. The molecule has 2 aromatic rings. The van der Waals surface area contributed by atoms with Crippen LogP contribution in [0.5, 0.6) is 11.5 Å². The van der Waals surface area contributed by atoms with Crippen molar-refractivity contribution in [1.82, 2.24) is 5.32 Å². The van der Waals surface area contributed by atoms with Crippen molar-refractivity contribution in [2.75, 3.05) is 21.3 Å². The summed E-state index contributed by atoms with van der Waals surface area (Å²) in [5, 5.41) is 3.38. The third-order valence-corrected chi connectivity index (χ3v) is 3.68. The van der Waals surface area contributed by atoms with Crippen LogP contribution in [0.25, 0.3) is 0 Å². The molecule has 0 saturated carbocycles. The number of nitrogens with one attached hydrogen (secondary N) is 1. The van der Waals surface area contributed by atoms with Crippen LogP contribution in [0.15, 0.2) is 42.5 Å². The first-order valence-electron chi connectivity index (χ1n) is 7.12. The third kappa shape index (κ3) is 3.76. The van der Waals surface area contributed by atoms with Crippen molar-refractivity contribution in [3.63, 3.8) is 0 Å². The molecule has 112 valence electrons. The van der Waals surface area contributed by atoms with Gasteiger partial charge in [0.05, 0.1) is 14.2 Å². The van der Waals surface area contributed by atoms with Crippen LogP contribution in [-0.4, -0.2) is 21.3 Å². The molecule has 0 fully saturated rings. The van der Waals surface area contributed by atoms with Gasteiger partial charge in [-0.1, -0.05) is 35.9 Å². The lowest BCUT2D eigenvalue weighted by atomic mass is 9.97. The van der Waals surface area contributed by atoms with Gasteiger partial charge in [-0.05, 0) is 43.7 Å². The molecule has 3 heteroatoms. The van der Waals surface area contributed by atoms with E-state index in [1.54, 1.807) is 14.2 Å². The maximum Gasteiger partial charge on any atom is 0.161 e. The van der Waals surface area contributed by atoms with Crippen molar-refractivity contribution >= 4 is 0 Å². The van der Waals surface area contributed by atoms with Gasteiger partial charge in [-0.2, -0.15) is 0 Å². The number of ether oxygens (including phenoxy) is 2. The van der Waals surface area contributed by atoms with Gasteiger partial charge in [0, 0.05) is 6.04 Å². The van der Waals surface area contributed by atoms with E-state index < -0.39 is 0 Å². The number of benzene rings is 2. The number of likely N-dealkylation sites (N-methyl/N-ethyl adjacent to an activating group) is 1. The minimum atomic E-state index is 0.242. The summed E-state index contributed by atoms with van der Waals surface area (Å²) >= 11 is 0. The Bertz CT molecular complexity index is 596. The summed E-state index contributed by atoms with van der Waals surface area (Å²) in [5.74, 6) is 1.52. The zero-order chi connectivity index (χ0) is 15.2. The second kappa shape index (κ2) is 7.14. The van der Waals surface area contributed by atoms with Crippen molar-refractivity contribution < 1.29 is 9.47 Å². The van der Waals surface area contributed by atoms with Crippen molar-refractivity contribution in [2.24, 2.45) is 0 Å². The molecule has 0 saturated heterocycles. The first-order valence-corrected chi connectivity index (χ1v) is 7.12. The quantitative estimate of drug-likeness (QED) is 0.881. The number of hydrogen-bond donors (Lipinski definition) is 1. The highest BCUT2D eigenvalue weighted by Gasteiger charge is 2.13. The second-order valence-electron chi connectivity index (χ2n) is 5.15. The van der Waals surface area contributed by atoms with E-state index in [0.717, 1.165) is 17.9 Å². The van der Waals surface area contributed by atoms with Gasteiger partial charge in [0.25, 0.3) is 0 Å². The lowest BCUT2D eigenvalue weighted by Gasteiger charge is -2.19. The van der Waals surface area contributed by atoms with Gasteiger partial charge in [0.15, 0.2) is 11.5 Å². The zero-order valence-electron chi connectivity index (χ0n) is 13.1. The van der Waals surface area contributed by atoms with Gasteiger partial charge in [-0.25, -0.2) is 0 Å². The van der Waals surface area contributed by atoms with Gasteiger partial charge >= 0.3 is 0 Å². The van der Waals surface area contributed by atoms with Gasteiger partial charge < -0.3 is 14.8 Å². The van der Waals surface area contributed by atoms with E-state index in [0.29, 0.717) is 0 Å². The molecule has 0 aliphatic heterocycles. The van der Waals surface area contributed by atoms with Crippen LogP contribution in [0.1, 0.15) is 22.7 Å². The fourth-order valence-corrected chi connectivity index (χ4v) is 2.53. The highest BCUT2D eigenvalue weighted by molar-refractivity contribution is 5.44. The molecule has 0 amide bonds. The molecule has 3 nitrogen and oxygen atoms in total. The van der Waals surface area contributed by atoms with Gasteiger partial charge in [0.1, 0.15) is 0 Å². The van der Waals surface area contributed by atoms with Crippen molar-refractivity contribution in [3.05, 3.63) is 59.2 Å². The maximum atomic E-state index is 5.39. The molecule has 0 heterocycles. The lowest BCUT2D eigenvalue weighted by Crippen LogP contribution is -2.19. The Balaban J connectivity index is 2.25. The highest BCUT2D eigenvalue weighted by atomic mass is 16.5. The van der Waals surface area contributed by atoms with Gasteiger partial charge in [-0.15, -0.1) is 0 Å². The topological polar surface area (TPSA) is 30.5 Å². The summed E-state index contributed by atoms with van der Waals surface area (Å²) in [6.07, 6.45) is 0.938. The summed E-state index contributed by atoms with van der Waals surface area (Å²) in [4.78, 5) is 0. The van der Waals surface area contributed by atoms with Gasteiger partial charge in [-0.3, -0.25) is 0 Å². The average molecular weight is 285 g/mol. The normalized spacial score (nSPS) is 12.0. The minimum absolute atomic E-state index is 0.242. The molecule has 1 unspecified atom stereocenters. The zero-order valence-corrected chi connectivity index (χ0v) is 13.1. The number of methoxy groups -OCH3 is 2. The Hall–Kier alpha value is -2.00. The van der Waals surface area contributed by atoms with Crippen LogP contribution < -0.4 is 14.8 Å². The predicted molar refractivity (Wildman–Crippen MR) is 86.2 cm³/mol. The molecule has 1 N–H and O–H groups in total. The third-order valence-electron chi connectivity index (χ3n) is 3.68. The molecule has 0 radical (unpaired) electrons. The molecule has 2 rings (SSSR count). The molecule has 0 bridgehead atoms. The standard InChI is InChI=1S/C18H23NO2/c1-13-6-5-7-14(10-13)11-16(19-2)15-8-9-17(20-3)18(12-15)21-4/h5-10,12,16,19H,11H2,1-4H3. The van der Waals surface area contributed by atoms with E-state index >= 15 is 0 Å². The molecule has 2 aromatic carbocycles.